The summed E-state index contributed by atoms with van der Waals surface area (Å²) in [5.74, 6) is 0.410. The number of ether oxygens (including phenoxy) is 2. The van der Waals surface area contributed by atoms with Crippen LogP contribution in [0.25, 0.3) is 0 Å². The molecule has 9 nitrogen and oxygen atoms in total. The fraction of sp³-hybridized carbons (Fsp3) is 0.227. The summed E-state index contributed by atoms with van der Waals surface area (Å²) in [7, 11) is -2.48. The van der Waals surface area contributed by atoms with Gasteiger partial charge >= 0.3 is 0 Å². The van der Waals surface area contributed by atoms with Gasteiger partial charge < -0.3 is 14.8 Å². The van der Waals surface area contributed by atoms with Crippen molar-refractivity contribution in [3.8, 4) is 11.6 Å². The smallest absolute Gasteiger partial charge is 0.263 e. The zero-order valence-electron chi connectivity index (χ0n) is 18.0. The normalized spacial score (nSPS) is 11.0. The number of methoxy groups -OCH3 is 1. The van der Waals surface area contributed by atoms with Crippen LogP contribution in [0.2, 0.25) is 0 Å². The van der Waals surface area contributed by atoms with Crippen LogP contribution in [0.3, 0.4) is 0 Å². The van der Waals surface area contributed by atoms with Gasteiger partial charge in [0.2, 0.25) is 5.88 Å². The average molecular weight is 535 g/mol. The number of aromatic nitrogens is 2. The van der Waals surface area contributed by atoms with E-state index >= 15 is 0 Å². The van der Waals surface area contributed by atoms with Crippen molar-refractivity contribution in [1.82, 2.24) is 9.97 Å². The molecule has 2 aromatic carbocycles. The minimum absolute atomic E-state index is 0.00382. The van der Waals surface area contributed by atoms with Crippen LogP contribution in [0.4, 0.5) is 11.5 Å². The minimum Gasteiger partial charge on any atom is -0.493 e. The molecular weight excluding hydrogens is 512 g/mol. The van der Waals surface area contributed by atoms with Gasteiger partial charge in [-0.2, -0.15) is 0 Å². The lowest BCUT2D eigenvalue weighted by Crippen LogP contribution is -2.15. The second kappa shape index (κ2) is 11.1. The van der Waals surface area contributed by atoms with Crippen molar-refractivity contribution < 1.29 is 22.7 Å². The molecule has 0 saturated heterocycles. The Bertz CT molecular complexity index is 1220. The Kier molecular flexibility index (Phi) is 8.23. The van der Waals surface area contributed by atoms with Crippen molar-refractivity contribution >= 4 is 43.4 Å². The van der Waals surface area contributed by atoms with E-state index in [1.807, 2.05) is 0 Å². The molecule has 0 fully saturated rings. The highest BCUT2D eigenvalue weighted by molar-refractivity contribution is 9.10. The fourth-order valence-corrected chi connectivity index (χ4v) is 4.11. The summed E-state index contributed by atoms with van der Waals surface area (Å²) in [6.07, 6.45) is 3.05. The van der Waals surface area contributed by atoms with Crippen LogP contribution in [0.15, 0.2) is 64.2 Å². The van der Waals surface area contributed by atoms with Gasteiger partial charge in [-0.25, -0.2) is 18.4 Å². The van der Waals surface area contributed by atoms with Gasteiger partial charge in [0.15, 0.2) is 0 Å². The van der Waals surface area contributed by atoms with Crippen LogP contribution in [0.5, 0.6) is 11.6 Å². The summed E-state index contributed by atoms with van der Waals surface area (Å²) >= 11 is 3.37. The molecule has 0 bridgehead atoms. The lowest BCUT2D eigenvalue weighted by Gasteiger charge is -2.13. The molecule has 0 aliphatic rings. The molecule has 33 heavy (non-hydrogen) atoms. The summed E-state index contributed by atoms with van der Waals surface area (Å²) in [4.78, 5) is 20.6. The number of rotatable bonds is 10. The highest BCUT2D eigenvalue weighted by atomic mass is 79.9. The summed E-state index contributed by atoms with van der Waals surface area (Å²) in [5.41, 5.74) is 0.804. The molecule has 0 aliphatic carbocycles. The van der Waals surface area contributed by atoms with Gasteiger partial charge in [-0.3, -0.25) is 9.52 Å². The fourth-order valence-electron chi connectivity index (χ4n) is 2.75. The van der Waals surface area contributed by atoms with Gasteiger partial charge in [0.05, 0.1) is 24.2 Å². The van der Waals surface area contributed by atoms with Gasteiger partial charge in [-0.15, -0.1) is 0 Å². The van der Waals surface area contributed by atoms with E-state index in [4.69, 9.17) is 9.47 Å². The molecule has 0 spiro atoms. The average Bonchev–Trinajstić information content (AvgIpc) is 2.80. The minimum atomic E-state index is -3.90. The van der Waals surface area contributed by atoms with Crippen molar-refractivity contribution in [2.45, 2.75) is 24.7 Å². The Hall–Kier alpha value is -3.18. The second-order valence-corrected chi connectivity index (χ2v) is 9.47. The van der Waals surface area contributed by atoms with Gasteiger partial charge in [-0.1, -0.05) is 29.3 Å². The predicted octanol–water partition coefficient (Wildman–Crippen LogP) is 4.48. The summed E-state index contributed by atoms with van der Waals surface area (Å²) in [6, 6.07) is 12.4. The third-order valence-corrected chi connectivity index (χ3v) is 6.32. The van der Waals surface area contributed by atoms with Gasteiger partial charge in [-0.05, 0) is 48.9 Å². The number of carbonyl (C=O) groups excluding carboxylic acids is 1. The third-order valence-electron chi connectivity index (χ3n) is 4.45. The number of unbranched alkanes of at least 4 members (excludes halogenated alkanes) is 1. The van der Waals surface area contributed by atoms with Crippen LogP contribution in [0, 0.1) is 0 Å². The molecular formula is C22H23BrN4O5S. The summed E-state index contributed by atoms with van der Waals surface area (Å²) in [5, 5.41) is 2.77. The SMILES string of the molecule is CCCCOc1ccc(Br)cc1C(=O)Nc1ccc(S(=O)(=O)Nc2cc(OC)ncn2)cc1. The topological polar surface area (TPSA) is 120 Å². The number of amides is 1. The molecule has 0 atom stereocenters. The van der Waals surface area contributed by atoms with E-state index in [2.05, 4.69) is 42.9 Å². The first kappa shape index (κ1) is 24.5. The Labute approximate surface area is 200 Å². The number of hydrogen-bond donors (Lipinski definition) is 2. The molecule has 0 unspecified atom stereocenters. The van der Waals surface area contributed by atoms with Crippen LogP contribution in [-0.2, 0) is 10.0 Å². The first-order valence-corrected chi connectivity index (χ1v) is 12.3. The quantitative estimate of drug-likeness (QED) is 0.368. The van der Waals surface area contributed by atoms with Gasteiger partial charge in [0.25, 0.3) is 15.9 Å². The number of hydrogen-bond acceptors (Lipinski definition) is 7. The van der Waals surface area contributed by atoms with Crippen molar-refractivity contribution in [3.63, 3.8) is 0 Å². The van der Waals surface area contributed by atoms with Crippen LogP contribution >= 0.6 is 15.9 Å². The largest absolute Gasteiger partial charge is 0.493 e. The maximum absolute atomic E-state index is 12.8. The number of halogens is 1. The zero-order valence-corrected chi connectivity index (χ0v) is 20.4. The van der Waals surface area contributed by atoms with Gasteiger partial charge in [0, 0.05) is 16.2 Å². The van der Waals surface area contributed by atoms with E-state index in [-0.39, 0.29) is 22.5 Å². The van der Waals surface area contributed by atoms with Crippen molar-refractivity contribution in [2.75, 3.05) is 23.8 Å². The Balaban J connectivity index is 1.73. The third kappa shape index (κ3) is 6.65. The van der Waals surface area contributed by atoms with Crippen LogP contribution < -0.4 is 19.5 Å². The molecule has 0 aliphatic heterocycles. The molecule has 11 heteroatoms. The van der Waals surface area contributed by atoms with E-state index in [1.54, 1.807) is 18.2 Å². The Morgan fingerprint density at radius 3 is 2.55 bits per heavy atom. The van der Waals surface area contributed by atoms with Gasteiger partial charge in [0.1, 0.15) is 17.9 Å². The Morgan fingerprint density at radius 2 is 1.85 bits per heavy atom. The predicted molar refractivity (Wildman–Crippen MR) is 128 cm³/mol. The van der Waals surface area contributed by atoms with Crippen LogP contribution in [-0.4, -0.2) is 38.0 Å². The zero-order chi connectivity index (χ0) is 23.8. The standard InChI is InChI=1S/C22H23BrN4O5S/c1-3-4-11-32-19-10-5-15(23)12-18(19)22(28)26-16-6-8-17(9-7-16)33(29,30)27-20-13-21(31-2)25-14-24-20/h5-10,12-14H,3-4,11H2,1-2H3,(H,26,28)(H,24,25,27). The molecule has 0 saturated carbocycles. The molecule has 3 aromatic rings. The lowest BCUT2D eigenvalue weighted by atomic mass is 10.2. The van der Waals surface area contributed by atoms with E-state index in [9.17, 15) is 13.2 Å². The number of benzene rings is 2. The lowest BCUT2D eigenvalue weighted by molar-refractivity contribution is 0.102. The highest BCUT2D eigenvalue weighted by Crippen LogP contribution is 2.25. The Morgan fingerprint density at radius 1 is 1.09 bits per heavy atom. The maximum Gasteiger partial charge on any atom is 0.263 e. The van der Waals surface area contributed by atoms with Crippen LogP contribution in [0.1, 0.15) is 30.1 Å². The molecule has 0 radical (unpaired) electrons. The van der Waals surface area contributed by atoms with Crippen molar-refractivity contribution in [1.29, 1.82) is 0 Å². The second-order valence-electron chi connectivity index (χ2n) is 6.87. The molecule has 1 heterocycles. The summed E-state index contributed by atoms with van der Waals surface area (Å²) < 4.78 is 39.1. The number of nitrogens with one attached hydrogen (secondary N) is 2. The summed E-state index contributed by atoms with van der Waals surface area (Å²) in [6.45, 7) is 2.57. The van der Waals surface area contributed by atoms with E-state index in [0.29, 0.717) is 23.6 Å². The number of sulfonamides is 1. The van der Waals surface area contributed by atoms with E-state index in [0.717, 1.165) is 17.3 Å². The first-order valence-electron chi connectivity index (χ1n) is 10.0. The number of nitrogens with zero attached hydrogens (tertiary/aromatic N) is 2. The monoisotopic (exact) mass is 534 g/mol. The molecule has 174 valence electrons. The molecule has 2 N–H and O–H groups in total. The van der Waals surface area contributed by atoms with E-state index < -0.39 is 10.0 Å². The van der Waals surface area contributed by atoms with E-state index in [1.165, 1.54) is 43.8 Å². The number of anilines is 2. The molecule has 3 rings (SSSR count). The number of carbonyl (C=O) groups is 1. The highest BCUT2D eigenvalue weighted by Gasteiger charge is 2.17. The molecule has 1 aromatic heterocycles. The van der Waals surface area contributed by atoms with Crippen molar-refractivity contribution in [3.05, 3.63) is 64.9 Å². The maximum atomic E-state index is 12.8. The first-order chi connectivity index (χ1) is 15.8. The van der Waals surface area contributed by atoms with Crippen molar-refractivity contribution in [2.24, 2.45) is 0 Å². The molecule has 1 amide bonds.